The Morgan fingerprint density at radius 1 is 1.05 bits per heavy atom. The topological polar surface area (TPSA) is 22.1 Å². The molecule has 0 atom stereocenters. The fourth-order valence-electron chi connectivity index (χ4n) is 2.08. The van der Waals surface area contributed by atoms with Gasteiger partial charge in [-0.3, -0.25) is 0 Å². The van der Waals surface area contributed by atoms with Crippen LogP contribution in [0.4, 0.5) is 0 Å². The molecule has 2 rings (SSSR count). The lowest BCUT2D eigenvalue weighted by Gasteiger charge is -2.07. The number of aromatic nitrogens is 1. The Bertz CT molecular complexity index is 527. The fourth-order valence-corrected chi connectivity index (χ4v) is 2.24. The Balaban J connectivity index is 1.86. The largest absolute Gasteiger partial charge is 0.494 e. The summed E-state index contributed by atoms with van der Waals surface area (Å²) >= 11 is 5.86. The van der Waals surface area contributed by atoms with Crippen molar-refractivity contribution in [3.63, 3.8) is 0 Å². The van der Waals surface area contributed by atoms with Gasteiger partial charge in [0.2, 0.25) is 0 Å². The molecule has 19 heavy (non-hydrogen) atoms. The molecule has 1 aromatic carbocycles. The van der Waals surface area contributed by atoms with Gasteiger partial charge in [0.05, 0.1) is 6.61 Å². The first-order valence-electron chi connectivity index (χ1n) is 6.97. The van der Waals surface area contributed by atoms with E-state index in [1.807, 2.05) is 24.3 Å². The van der Waals surface area contributed by atoms with Crippen molar-refractivity contribution >= 4 is 22.4 Å². The van der Waals surface area contributed by atoms with Crippen molar-refractivity contribution in [1.82, 2.24) is 4.98 Å². The van der Waals surface area contributed by atoms with Crippen LogP contribution in [0, 0.1) is 0 Å². The summed E-state index contributed by atoms with van der Waals surface area (Å²) in [7, 11) is 0. The molecule has 0 amide bonds. The molecule has 0 fully saturated rings. The molecule has 0 saturated carbocycles. The average molecular weight is 278 g/mol. The smallest absolute Gasteiger partial charge is 0.129 e. The first-order chi connectivity index (χ1) is 9.29. The molecule has 3 heteroatoms. The molecule has 1 aromatic heterocycles. The average Bonchev–Trinajstić information content (AvgIpc) is 2.43. The van der Waals surface area contributed by atoms with E-state index in [9.17, 15) is 0 Å². The Labute approximate surface area is 119 Å². The van der Waals surface area contributed by atoms with Crippen molar-refractivity contribution < 1.29 is 4.74 Å². The van der Waals surface area contributed by atoms with Gasteiger partial charge in [-0.25, -0.2) is 4.98 Å². The molecule has 0 N–H and O–H groups in total. The van der Waals surface area contributed by atoms with Gasteiger partial charge in [-0.05, 0) is 30.0 Å². The lowest BCUT2D eigenvalue weighted by atomic mass is 10.1. The van der Waals surface area contributed by atoms with Crippen LogP contribution in [0.15, 0.2) is 30.5 Å². The standard InChI is InChI=1S/C16H20ClNO/c1-2-3-4-5-6-9-19-15-8-7-13-11-16(17)18-12-14(13)10-15/h7-8,10-12H,2-6,9H2,1H3. The van der Waals surface area contributed by atoms with Crippen LogP contribution < -0.4 is 4.74 Å². The zero-order chi connectivity index (χ0) is 13.5. The molecule has 0 aliphatic heterocycles. The quantitative estimate of drug-likeness (QED) is 0.510. The summed E-state index contributed by atoms with van der Waals surface area (Å²) < 4.78 is 5.76. The summed E-state index contributed by atoms with van der Waals surface area (Å²) in [5, 5.41) is 2.68. The van der Waals surface area contributed by atoms with Crippen LogP contribution in [0.3, 0.4) is 0 Å². The Morgan fingerprint density at radius 2 is 1.89 bits per heavy atom. The highest BCUT2D eigenvalue weighted by Crippen LogP contribution is 2.22. The van der Waals surface area contributed by atoms with E-state index < -0.39 is 0 Å². The predicted octanol–water partition coefficient (Wildman–Crippen LogP) is 5.24. The molecule has 0 radical (unpaired) electrons. The third-order valence-electron chi connectivity index (χ3n) is 3.18. The number of fused-ring (bicyclic) bond motifs is 1. The highest BCUT2D eigenvalue weighted by molar-refractivity contribution is 6.30. The normalized spacial score (nSPS) is 10.8. The van der Waals surface area contributed by atoms with E-state index in [2.05, 4.69) is 11.9 Å². The van der Waals surface area contributed by atoms with Gasteiger partial charge in [0.15, 0.2) is 0 Å². The van der Waals surface area contributed by atoms with E-state index in [4.69, 9.17) is 16.3 Å². The van der Waals surface area contributed by atoms with Crippen LogP contribution >= 0.6 is 11.6 Å². The van der Waals surface area contributed by atoms with Gasteiger partial charge >= 0.3 is 0 Å². The van der Waals surface area contributed by atoms with Crippen LogP contribution in [0.1, 0.15) is 39.0 Å². The molecular weight excluding hydrogens is 258 g/mol. The van der Waals surface area contributed by atoms with Gasteiger partial charge in [0.25, 0.3) is 0 Å². The molecule has 0 bridgehead atoms. The number of unbranched alkanes of at least 4 members (excludes halogenated alkanes) is 4. The van der Waals surface area contributed by atoms with Crippen LogP contribution in [0.2, 0.25) is 5.15 Å². The van der Waals surface area contributed by atoms with Gasteiger partial charge in [0.1, 0.15) is 10.9 Å². The van der Waals surface area contributed by atoms with Crippen molar-refractivity contribution in [3.05, 3.63) is 35.6 Å². The number of rotatable bonds is 7. The number of hydrogen-bond donors (Lipinski definition) is 0. The maximum Gasteiger partial charge on any atom is 0.129 e. The molecule has 0 unspecified atom stereocenters. The number of benzene rings is 1. The highest BCUT2D eigenvalue weighted by Gasteiger charge is 1.99. The molecule has 0 saturated heterocycles. The van der Waals surface area contributed by atoms with Crippen LogP contribution in [0.25, 0.3) is 10.8 Å². The van der Waals surface area contributed by atoms with Crippen molar-refractivity contribution in [2.45, 2.75) is 39.0 Å². The maximum atomic E-state index is 5.86. The van der Waals surface area contributed by atoms with Gasteiger partial charge in [-0.15, -0.1) is 0 Å². The molecule has 1 heterocycles. The molecule has 102 valence electrons. The van der Waals surface area contributed by atoms with E-state index in [-0.39, 0.29) is 0 Å². The van der Waals surface area contributed by atoms with Crippen LogP contribution in [-0.4, -0.2) is 11.6 Å². The molecule has 0 aliphatic carbocycles. The summed E-state index contributed by atoms with van der Waals surface area (Å²) in [5.41, 5.74) is 0. The lowest BCUT2D eigenvalue weighted by Crippen LogP contribution is -1.97. The summed E-state index contributed by atoms with van der Waals surface area (Å²) in [4.78, 5) is 4.09. The fraction of sp³-hybridized carbons (Fsp3) is 0.438. The number of halogens is 1. The molecule has 0 aliphatic rings. The van der Waals surface area contributed by atoms with Crippen LogP contribution in [0.5, 0.6) is 5.75 Å². The van der Waals surface area contributed by atoms with E-state index in [0.717, 1.165) is 29.5 Å². The molecule has 0 spiro atoms. The second-order valence-corrected chi connectivity index (χ2v) is 5.17. The first-order valence-corrected chi connectivity index (χ1v) is 7.35. The zero-order valence-corrected chi connectivity index (χ0v) is 12.1. The second kappa shape index (κ2) is 7.34. The van der Waals surface area contributed by atoms with E-state index >= 15 is 0 Å². The van der Waals surface area contributed by atoms with Crippen molar-refractivity contribution in [1.29, 1.82) is 0 Å². The van der Waals surface area contributed by atoms with Gasteiger partial charge in [0, 0.05) is 11.6 Å². The summed E-state index contributed by atoms with van der Waals surface area (Å²) in [6.45, 7) is 3.02. The van der Waals surface area contributed by atoms with Gasteiger partial charge < -0.3 is 4.74 Å². The summed E-state index contributed by atoms with van der Waals surface area (Å²) in [6.07, 6.45) is 8.06. The van der Waals surface area contributed by atoms with Crippen LogP contribution in [-0.2, 0) is 0 Å². The molecule has 2 nitrogen and oxygen atoms in total. The summed E-state index contributed by atoms with van der Waals surface area (Å²) in [5.74, 6) is 0.909. The Morgan fingerprint density at radius 3 is 2.74 bits per heavy atom. The van der Waals surface area contributed by atoms with Crippen molar-refractivity contribution in [3.8, 4) is 5.75 Å². The lowest BCUT2D eigenvalue weighted by molar-refractivity contribution is 0.305. The number of hydrogen-bond acceptors (Lipinski definition) is 2. The Hall–Kier alpha value is -1.28. The highest BCUT2D eigenvalue weighted by atomic mass is 35.5. The minimum atomic E-state index is 0.525. The third kappa shape index (κ3) is 4.39. The van der Waals surface area contributed by atoms with Gasteiger partial charge in [-0.2, -0.15) is 0 Å². The molecule has 2 aromatic rings. The molecular formula is C16H20ClNO. The summed E-state index contributed by atoms with van der Waals surface area (Å²) in [6, 6.07) is 7.90. The minimum Gasteiger partial charge on any atom is -0.494 e. The van der Waals surface area contributed by atoms with E-state index in [1.54, 1.807) is 6.20 Å². The zero-order valence-electron chi connectivity index (χ0n) is 11.4. The number of pyridine rings is 1. The van der Waals surface area contributed by atoms with Crippen molar-refractivity contribution in [2.75, 3.05) is 6.61 Å². The van der Waals surface area contributed by atoms with Gasteiger partial charge in [-0.1, -0.05) is 50.3 Å². The minimum absolute atomic E-state index is 0.525. The van der Waals surface area contributed by atoms with E-state index in [0.29, 0.717) is 5.15 Å². The van der Waals surface area contributed by atoms with Crippen molar-refractivity contribution in [2.24, 2.45) is 0 Å². The SMILES string of the molecule is CCCCCCCOc1ccc2cc(Cl)ncc2c1. The Kier molecular flexibility index (Phi) is 5.46. The monoisotopic (exact) mass is 277 g/mol. The number of nitrogens with zero attached hydrogens (tertiary/aromatic N) is 1. The number of ether oxygens (including phenoxy) is 1. The predicted molar refractivity (Wildman–Crippen MR) is 81.0 cm³/mol. The second-order valence-electron chi connectivity index (χ2n) is 4.78. The maximum absolute atomic E-state index is 5.86. The third-order valence-corrected chi connectivity index (χ3v) is 3.38. The van der Waals surface area contributed by atoms with E-state index in [1.165, 1.54) is 25.7 Å². The first kappa shape index (κ1) is 14.1.